The van der Waals surface area contributed by atoms with Gasteiger partial charge < -0.3 is 10.2 Å². The van der Waals surface area contributed by atoms with Gasteiger partial charge in [0.25, 0.3) is 0 Å². The number of anilines is 1. The predicted molar refractivity (Wildman–Crippen MR) is 71.8 cm³/mol. The molecule has 0 saturated carbocycles. The molecule has 3 rings (SSSR count). The zero-order valence-corrected chi connectivity index (χ0v) is 9.71. The molecular weight excluding hydrogens is 224 g/mol. The van der Waals surface area contributed by atoms with Gasteiger partial charge in [-0.2, -0.15) is 0 Å². The van der Waals surface area contributed by atoms with Crippen LogP contribution in [0.5, 0.6) is 0 Å². The molecule has 0 unspecified atom stereocenters. The van der Waals surface area contributed by atoms with E-state index >= 15 is 0 Å². The Bertz CT molecular complexity index is 642. The van der Waals surface area contributed by atoms with Crippen molar-refractivity contribution in [2.24, 2.45) is 0 Å². The van der Waals surface area contributed by atoms with Crippen molar-refractivity contribution >= 4 is 5.69 Å². The van der Waals surface area contributed by atoms with Gasteiger partial charge in [-0.1, -0.05) is 18.2 Å². The van der Waals surface area contributed by atoms with Crippen LogP contribution in [-0.4, -0.2) is 4.98 Å². The second-order valence-corrected chi connectivity index (χ2v) is 4.02. The van der Waals surface area contributed by atoms with Crippen molar-refractivity contribution in [1.82, 2.24) is 4.98 Å². The SMILES string of the molecule is Nc1ccc(-c2cnc(-c3ccccc3)o2)cc1. The molecule has 88 valence electrons. The molecule has 0 aliphatic carbocycles. The summed E-state index contributed by atoms with van der Waals surface area (Å²) in [5, 5.41) is 0. The van der Waals surface area contributed by atoms with E-state index in [0.717, 1.165) is 22.6 Å². The van der Waals surface area contributed by atoms with Crippen LogP contribution in [0.25, 0.3) is 22.8 Å². The highest BCUT2D eigenvalue weighted by Crippen LogP contribution is 2.26. The van der Waals surface area contributed by atoms with E-state index in [0.29, 0.717) is 5.89 Å². The third-order valence-corrected chi connectivity index (χ3v) is 2.72. The third-order valence-electron chi connectivity index (χ3n) is 2.72. The molecule has 0 aliphatic heterocycles. The molecule has 3 heteroatoms. The molecule has 3 nitrogen and oxygen atoms in total. The van der Waals surface area contributed by atoms with E-state index in [1.807, 2.05) is 54.6 Å². The van der Waals surface area contributed by atoms with Crippen LogP contribution in [0, 0.1) is 0 Å². The van der Waals surface area contributed by atoms with Crippen LogP contribution in [0.15, 0.2) is 65.2 Å². The summed E-state index contributed by atoms with van der Waals surface area (Å²) in [5.74, 6) is 1.37. The molecule has 0 saturated heterocycles. The molecule has 1 heterocycles. The summed E-state index contributed by atoms with van der Waals surface area (Å²) in [6.45, 7) is 0. The zero-order chi connectivity index (χ0) is 12.4. The van der Waals surface area contributed by atoms with E-state index < -0.39 is 0 Å². The van der Waals surface area contributed by atoms with Crippen molar-refractivity contribution in [3.05, 3.63) is 60.8 Å². The van der Waals surface area contributed by atoms with Crippen LogP contribution in [-0.2, 0) is 0 Å². The maximum atomic E-state index is 5.74. The molecule has 0 spiro atoms. The highest BCUT2D eigenvalue weighted by Gasteiger charge is 2.07. The Morgan fingerprint density at radius 1 is 0.833 bits per heavy atom. The largest absolute Gasteiger partial charge is 0.436 e. The van der Waals surface area contributed by atoms with Crippen molar-refractivity contribution in [3.8, 4) is 22.8 Å². The highest BCUT2D eigenvalue weighted by atomic mass is 16.4. The lowest BCUT2D eigenvalue weighted by molar-refractivity contribution is 0.589. The third kappa shape index (κ3) is 1.98. The normalized spacial score (nSPS) is 10.4. The minimum atomic E-state index is 0.627. The number of hydrogen-bond acceptors (Lipinski definition) is 3. The summed E-state index contributed by atoms with van der Waals surface area (Å²) < 4.78 is 5.74. The summed E-state index contributed by atoms with van der Waals surface area (Å²) in [4.78, 5) is 4.29. The topological polar surface area (TPSA) is 52.0 Å². The summed E-state index contributed by atoms with van der Waals surface area (Å²) in [5.41, 5.74) is 8.33. The smallest absolute Gasteiger partial charge is 0.226 e. The maximum absolute atomic E-state index is 5.74. The number of hydrogen-bond donors (Lipinski definition) is 1. The lowest BCUT2D eigenvalue weighted by Crippen LogP contribution is -1.82. The molecule has 2 N–H and O–H groups in total. The van der Waals surface area contributed by atoms with E-state index in [2.05, 4.69) is 4.98 Å². The molecule has 3 aromatic rings. The van der Waals surface area contributed by atoms with Crippen molar-refractivity contribution in [1.29, 1.82) is 0 Å². The number of rotatable bonds is 2. The van der Waals surface area contributed by atoms with E-state index in [4.69, 9.17) is 10.2 Å². The van der Waals surface area contributed by atoms with E-state index in [1.165, 1.54) is 0 Å². The summed E-state index contributed by atoms with van der Waals surface area (Å²) >= 11 is 0. The second kappa shape index (κ2) is 4.37. The van der Waals surface area contributed by atoms with Crippen molar-refractivity contribution in [2.75, 3.05) is 5.73 Å². The lowest BCUT2D eigenvalue weighted by atomic mass is 10.2. The van der Waals surface area contributed by atoms with Gasteiger partial charge in [0.2, 0.25) is 5.89 Å². The van der Waals surface area contributed by atoms with Gasteiger partial charge in [0.05, 0.1) is 6.20 Å². The minimum Gasteiger partial charge on any atom is -0.436 e. The molecular formula is C15H12N2O. The highest BCUT2D eigenvalue weighted by molar-refractivity contribution is 5.62. The van der Waals surface area contributed by atoms with Gasteiger partial charge in [0.15, 0.2) is 5.76 Å². The van der Waals surface area contributed by atoms with Gasteiger partial charge in [0, 0.05) is 16.8 Å². The van der Waals surface area contributed by atoms with Crippen LogP contribution >= 0.6 is 0 Å². The zero-order valence-electron chi connectivity index (χ0n) is 9.71. The summed E-state index contributed by atoms with van der Waals surface area (Å²) in [6.07, 6.45) is 1.73. The quantitative estimate of drug-likeness (QED) is 0.692. The van der Waals surface area contributed by atoms with E-state index in [-0.39, 0.29) is 0 Å². The van der Waals surface area contributed by atoms with Gasteiger partial charge in [0.1, 0.15) is 0 Å². The van der Waals surface area contributed by atoms with E-state index in [1.54, 1.807) is 6.20 Å². The fraction of sp³-hybridized carbons (Fsp3) is 0. The first-order chi connectivity index (χ1) is 8.83. The molecule has 2 aromatic carbocycles. The Hall–Kier alpha value is -2.55. The molecule has 0 bridgehead atoms. The first kappa shape index (κ1) is 10.6. The van der Waals surface area contributed by atoms with Crippen LogP contribution in [0.2, 0.25) is 0 Å². The van der Waals surface area contributed by atoms with Crippen molar-refractivity contribution in [3.63, 3.8) is 0 Å². The number of nitrogens with zero attached hydrogens (tertiary/aromatic N) is 1. The van der Waals surface area contributed by atoms with Crippen LogP contribution in [0.1, 0.15) is 0 Å². The Kier molecular flexibility index (Phi) is 2.57. The minimum absolute atomic E-state index is 0.627. The van der Waals surface area contributed by atoms with Crippen molar-refractivity contribution in [2.45, 2.75) is 0 Å². The maximum Gasteiger partial charge on any atom is 0.226 e. The second-order valence-electron chi connectivity index (χ2n) is 4.02. The first-order valence-corrected chi connectivity index (χ1v) is 5.70. The first-order valence-electron chi connectivity index (χ1n) is 5.70. The average molecular weight is 236 g/mol. The van der Waals surface area contributed by atoms with Gasteiger partial charge in [-0.05, 0) is 36.4 Å². The van der Waals surface area contributed by atoms with Crippen LogP contribution in [0.4, 0.5) is 5.69 Å². The number of oxazole rings is 1. The summed E-state index contributed by atoms with van der Waals surface area (Å²) in [7, 11) is 0. The van der Waals surface area contributed by atoms with Gasteiger partial charge in [-0.25, -0.2) is 4.98 Å². The molecule has 0 fully saturated rings. The molecule has 0 atom stereocenters. The molecule has 0 amide bonds. The lowest BCUT2D eigenvalue weighted by Gasteiger charge is -1.97. The Balaban J connectivity index is 1.97. The Labute approximate surface area is 105 Å². The van der Waals surface area contributed by atoms with Gasteiger partial charge in [-0.15, -0.1) is 0 Å². The predicted octanol–water partition coefficient (Wildman–Crippen LogP) is 3.59. The number of nitrogens with two attached hydrogens (primary N) is 1. The fourth-order valence-electron chi connectivity index (χ4n) is 1.77. The number of benzene rings is 2. The van der Waals surface area contributed by atoms with Crippen molar-refractivity contribution < 1.29 is 4.42 Å². The van der Waals surface area contributed by atoms with Crippen LogP contribution < -0.4 is 5.73 Å². The Morgan fingerprint density at radius 3 is 2.28 bits per heavy atom. The molecule has 0 aliphatic rings. The van der Waals surface area contributed by atoms with E-state index in [9.17, 15) is 0 Å². The monoisotopic (exact) mass is 236 g/mol. The number of nitrogen functional groups attached to an aromatic ring is 1. The standard InChI is InChI=1S/C15H12N2O/c16-13-8-6-11(7-9-13)14-10-17-15(18-14)12-4-2-1-3-5-12/h1-10H,16H2. The fourth-order valence-corrected chi connectivity index (χ4v) is 1.77. The van der Waals surface area contributed by atoms with Gasteiger partial charge >= 0.3 is 0 Å². The average Bonchev–Trinajstić information content (AvgIpc) is 2.90. The Morgan fingerprint density at radius 2 is 1.56 bits per heavy atom. The summed E-state index contributed by atoms with van der Waals surface area (Å²) in [6, 6.07) is 17.4. The molecule has 0 radical (unpaired) electrons. The molecule has 18 heavy (non-hydrogen) atoms. The molecule has 1 aromatic heterocycles. The number of aromatic nitrogens is 1. The van der Waals surface area contributed by atoms with Gasteiger partial charge in [-0.3, -0.25) is 0 Å². The van der Waals surface area contributed by atoms with Crippen LogP contribution in [0.3, 0.4) is 0 Å².